The highest BCUT2D eigenvalue weighted by molar-refractivity contribution is 9.10. The molecule has 0 amide bonds. The normalized spacial score (nSPS) is 12.6. The molecule has 90 valence electrons. The van der Waals surface area contributed by atoms with E-state index in [1.807, 2.05) is 35.0 Å². The van der Waals surface area contributed by atoms with Crippen molar-refractivity contribution in [3.63, 3.8) is 0 Å². The topological polar surface area (TPSA) is 38.0 Å². The van der Waals surface area contributed by atoms with Crippen LogP contribution < -0.4 is 0 Å². The fourth-order valence-corrected chi connectivity index (χ4v) is 2.33. The van der Waals surface area contributed by atoms with Crippen LogP contribution in [0, 0.1) is 0 Å². The van der Waals surface area contributed by atoms with E-state index in [0.717, 1.165) is 28.7 Å². The molecule has 0 spiro atoms. The van der Waals surface area contributed by atoms with E-state index in [0.29, 0.717) is 0 Å². The molecule has 0 fully saturated rings. The van der Waals surface area contributed by atoms with Gasteiger partial charge in [-0.3, -0.25) is 4.68 Å². The lowest BCUT2D eigenvalue weighted by molar-refractivity contribution is 0.206. The molecule has 0 saturated carbocycles. The fourth-order valence-electron chi connectivity index (χ4n) is 1.83. The Morgan fingerprint density at radius 1 is 1.35 bits per heavy atom. The minimum atomic E-state index is -0.639. The average molecular weight is 295 g/mol. The van der Waals surface area contributed by atoms with Crippen LogP contribution in [0.25, 0.3) is 0 Å². The highest BCUT2D eigenvalue weighted by Gasteiger charge is 2.16. The first-order valence-electron chi connectivity index (χ1n) is 5.68. The van der Waals surface area contributed by atoms with Crippen LogP contribution in [0.4, 0.5) is 0 Å². The van der Waals surface area contributed by atoms with Gasteiger partial charge in [0.15, 0.2) is 0 Å². The summed E-state index contributed by atoms with van der Waals surface area (Å²) in [4.78, 5) is 0. The molecule has 2 aromatic rings. The number of aliphatic hydroxyl groups is 1. The average Bonchev–Trinajstić information content (AvgIpc) is 2.78. The van der Waals surface area contributed by atoms with Crippen molar-refractivity contribution in [1.82, 2.24) is 9.78 Å². The number of benzene rings is 1. The van der Waals surface area contributed by atoms with Gasteiger partial charge >= 0.3 is 0 Å². The molecular weight excluding hydrogens is 280 g/mol. The second-order valence-electron chi connectivity index (χ2n) is 3.90. The largest absolute Gasteiger partial charge is 0.382 e. The molecule has 17 heavy (non-hydrogen) atoms. The molecule has 0 radical (unpaired) electrons. The number of aliphatic hydroxyl groups excluding tert-OH is 1. The molecule has 1 aromatic carbocycles. The van der Waals surface area contributed by atoms with Gasteiger partial charge < -0.3 is 5.11 Å². The first kappa shape index (κ1) is 12.3. The van der Waals surface area contributed by atoms with Gasteiger partial charge in [-0.1, -0.05) is 41.1 Å². The summed E-state index contributed by atoms with van der Waals surface area (Å²) < 4.78 is 2.76. The van der Waals surface area contributed by atoms with Gasteiger partial charge in [0, 0.05) is 22.8 Å². The van der Waals surface area contributed by atoms with Crippen molar-refractivity contribution in [2.45, 2.75) is 26.0 Å². The minimum absolute atomic E-state index is 0.639. The lowest BCUT2D eigenvalue weighted by Gasteiger charge is -2.14. The Bertz CT molecular complexity index is 496. The summed E-state index contributed by atoms with van der Waals surface area (Å²) in [6.45, 7) is 2.92. The summed E-state index contributed by atoms with van der Waals surface area (Å²) in [5.74, 6) is 0. The summed E-state index contributed by atoms with van der Waals surface area (Å²) in [5.41, 5.74) is 1.70. The summed E-state index contributed by atoms with van der Waals surface area (Å²) in [7, 11) is 0. The van der Waals surface area contributed by atoms with Crippen molar-refractivity contribution in [3.05, 3.63) is 52.3 Å². The Labute approximate surface area is 109 Å². The SMILES string of the molecule is CCCn1nccc1C(O)c1ccccc1Br. The standard InChI is InChI=1S/C13H15BrN2O/c1-2-9-16-12(7-8-15-16)13(17)10-5-3-4-6-11(10)14/h3-8,13,17H,2,9H2,1H3. The molecule has 2 rings (SSSR count). The van der Waals surface area contributed by atoms with Crippen molar-refractivity contribution >= 4 is 15.9 Å². The van der Waals surface area contributed by atoms with Gasteiger partial charge in [0.05, 0.1) is 5.69 Å². The maximum atomic E-state index is 10.4. The summed E-state index contributed by atoms with van der Waals surface area (Å²) >= 11 is 3.46. The van der Waals surface area contributed by atoms with Gasteiger partial charge in [-0.25, -0.2) is 0 Å². The van der Waals surface area contributed by atoms with Gasteiger partial charge in [0.25, 0.3) is 0 Å². The molecule has 1 aromatic heterocycles. The molecule has 0 bridgehead atoms. The zero-order chi connectivity index (χ0) is 12.3. The van der Waals surface area contributed by atoms with E-state index in [1.165, 1.54) is 0 Å². The number of rotatable bonds is 4. The number of hydrogen-bond acceptors (Lipinski definition) is 2. The molecule has 0 saturated heterocycles. The van der Waals surface area contributed by atoms with Crippen LogP contribution in [0.5, 0.6) is 0 Å². The third-order valence-electron chi connectivity index (χ3n) is 2.66. The van der Waals surface area contributed by atoms with Crippen LogP contribution in [-0.2, 0) is 6.54 Å². The molecule has 0 aliphatic heterocycles. The first-order valence-corrected chi connectivity index (χ1v) is 6.47. The lowest BCUT2D eigenvalue weighted by Crippen LogP contribution is -2.10. The number of hydrogen-bond donors (Lipinski definition) is 1. The van der Waals surface area contributed by atoms with Gasteiger partial charge in [-0.2, -0.15) is 5.10 Å². The third kappa shape index (κ3) is 2.58. The van der Waals surface area contributed by atoms with Crippen LogP contribution in [0.2, 0.25) is 0 Å². The monoisotopic (exact) mass is 294 g/mol. The van der Waals surface area contributed by atoms with Gasteiger partial charge in [0.1, 0.15) is 6.10 Å². The van der Waals surface area contributed by atoms with E-state index >= 15 is 0 Å². The van der Waals surface area contributed by atoms with E-state index in [1.54, 1.807) is 6.20 Å². The summed E-state index contributed by atoms with van der Waals surface area (Å²) in [6, 6.07) is 9.56. The van der Waals surface area contributed by atoms with Crippen LogP contribution >= 0.6 is 15.9 Å². The molecule has 1 unspecified atom stereocenters. The molecule has 1 heterocycles. The van der Waals surface area contributed by atoms with E-state index in [2.05, 4.69) is 28.0 Å². The van der Waals surface area contributed by atoms with E-state index in [4.69, 9.17) is 0 Å². The molecule has 3 nitrogen and oxygen atoms in total. The number of aromatic nitrogens is 2. The maximum absolute atomic E-state index is 10.4. The Morgan fingerprint density at radius 3 is 2.82 bits per heavy atom. The molecule has 4 heteroatoms. The van der Waals surface area contributed by atoms with Crippen molar-refractivity contribution in [3.8, 4) is 0 Å². The fraction of sp³-hybridized carbons (Fsp3) is 0.308. The Hall–Kier alpha value is -1.13. The summed E-state index contributed by atoms with van der Waals surface area (Å²) in [5, 5.41) is 14.6. The van der Waals surface area contributed by atoms with Gasteiger partial charge in [0.2, 0.25) is 0 Å². The van der Waals surface area contributed by atoms with Gasteiger partial charge in [-0.05, 0) is 18.6 Å². The van der Waals surface area contributed by atoms with Crippen LogP contribution in [0.15, 0.2) is 41.0 Å². The quantitative estimate of drug-likeness (QED) is 0.941. The Balaban J connectivity index is 2.34. The Morgan fingerprint density at radius 2 is 2.12 bits per heavy atom. The molecule has 0 aliphatic carbocycles. The predicted octanol–water partition coefficient (Wildman–Crippen LogP) is 3.14. The molecule has 1 N–H and O–H groups in total. The maximum Gasteiger partial charge on any atom is 0.122 e. The molecule has 0 aliphatic rings. The second kappa shape index (κ2) is 5.47. The Kier molecular flexibility index (Phi) is 3.97. The van der Waals surface area contributed by atoms with E-state index < -0.39 is 6.10 Å². The van der Waals surface area contributed by atoms with Crippen molar-refractivity contribution in [2.24, 2.45) is 0 Å². The zero-order valence-corrected chi connectivity index (χ0v) is 11.3. The van der Waals surface area contributed by atoms with Crippen LogP contribution in [-0.4, -0.2) is 14.9 Å². The number of halogens is 1. The van der Waals surface area contributed by atoms with Crippen molar-refractivity contribution in [1.29, 1.82) is 0 Å². The minimum Gasteiger partial charge on any atom is -0.382 e. The van der Waals surface area contributed by atoms with Crippen molar-refractivity contribution < 1.29 is 5.11 Å². The predicted molar refractivity (Wildman–Crippen MR) is 70.7 cm³/mol. The highest BCUT2D eigenvalue weighted by atomic mass is 79.9. The number of aryl methyl sites for hydroxylation is 1. The van der Waals surface area contributed by atoms with E-state index in [9.17, 15) is 5.11 Å². The highest BCUT2D eigenvalue weighted by Crippen LogP contribution is 2.28. The first-order chi connectivity index (χ1) is 8.24. The van der Waals surface area contributed by atoms with Gasteiger partial charge in [-0.15, -0.1) is 0 Å². The molecule has 1 atom stereocenters. The van der Waals surface area contributed by atoms with Crippen molar-refractivity contribution in [2.75, 3.05) is 0 Å². The second-order valence-corrected chi connectivity index (χ2v) is 4.76. The van der Waals surface area contributed by atoms with E-state index in [-0.39, 0.29) is 0 Å². The van der Waals surface area contributed by atoms with Crippen LogP contribution in [0.1, 0.15) is 30.7 Å². The zero-order valence-electron chi connectivity index (χ0n) is 9.68. The lowest BCUT2D eigenvalue weighted by atomic mass is 10.1. The summed E-state index contributed by atoms with van der Waals surface area (Å²) in [6.07, 6.45) is 2.09. The number of nitrogens with zero attached hydrogens (tertiary/aromatic N) is 2. The third-order valence-corrected chi connectivity index (χ3v) is 3.39. The smallest absolute Gasteiger partial charge is 0.122 e. The van der Waals surface area contributed by atoms with Crippen LogP contribution in [0.3, 0.4) is 0 Å². The molecular formula is C13H15BrN2O.